The molecule has 0 aromatic heterocycles. The summed E-state index contributed by atoms with van der Waals surface area (Å²) in [5.41, 5.74) is 3.56. The highest BCUT2D eigenvalue weighted by molar-refractivity contribution is 6.17. The Morgan fingerprint density at radius 3 is 2.25 bits per heavy atom. The van der Waals surface area contributed by atoms with E-state index < -0.39 is 0 Å². The third-order valence-corrected chi connectivity index (χ3v) is 4.52. The number of halogens is 2. The van der Waals surface area contributed by atoms with Gasteiger partial charge in [0.2, 0.25) is 0 Å². The van der Waals surface area contributed by atoms with Crippen LogP contribution in [0, 0.1) is 5.92 Å². The minimum absolute atomic E-state index is 0.477. The zero-order valence-corrected chi connectivity index (χ0v) is 14.4. The van der Waals surface area contributed by atoms with Crippen LogP contribution in [0.15, 0.2) is 12.1 Å². The molecule has 1 aromatic rings. The fourth-order valence-corrected chi connectivity index (χ4v) is 3.04. The highest BCUT2D eigenvalue weighted by Crippen LogP contribution is 2.29. The fourth-order valence-electron chi connectivity index (χ4n) is 2.58. The van der Waals surface area contributed by atoms with Crippen LogP contribution in [0.5, 0.6) is 5.75 Å². The van der Waals surface area contributed by atoms with Crippen LogP contribution in [0.4, 0.5) is 0 Å². The van der Waals surface area contributed by atoms with E-state index in [2.05, 4.69) is 19.9 Å². The molecule has 114 valence electrons. The molecule has 1 unspecified atom stereocenters. The smallest absolute Gasteiger partial charge is 0.123 e. The maximum atomic E-state index is 6.10. The van der Waals surface area contributed by atoms with Crippen molar-refractivity contribution in [2.24, 2.45) is 5.92 Å². The van der Waals surface area contributed by atoms with Gasteiger partial charge in [-0.3, -0.25) is 0 Å². The molecule has 0 amide bonds. The van der Waals surface area contributed by atoms with Gasteiger partial charge in [-0.15, -0.1) is 23.2 Å². The normalized spacial score (nSPS) is 12.4. The summed E-state index contributed by atoms with van der Waals surface area (Å²) < 4.78 is 5.39. The number of alkyl halides is 2. The number of ether oxygens (including phenoxy) is 1. The molecule has 1 rings (SSSR count). The Balaban J connectivity index is 2.96. The first-order valence-corrected chi connectivity index (χ1v) is 8.57. The molecule has 0 aliphatic heterocycles. The lowest BCUT2D eigenvalue weighted by molar-refractivity contribution is 0.409. The van der Waals surface area contributed by atoms with Gasteiger partial charge >= 0.3 is 0 Å². The first-order valence-electron chi connectivity index (χ1n) is 7.50. The summed E-state index contributed by atoms with van der Waals surface area (Å²) >= 11 is 12.1. The monoisotopic (exact) mass is 316 g/mol. The number of unbranched alkanes of at least 4 members (excludes halogenated alkanes) is 1. The zero-order valence-electron chi connectivity index (χ0n) is 12.8. The molecular formula is C17H26Cl2O. The van der Waals surface area contributed by atoms with Crippen molar-refractivity contribution >= 4 is 23.2 Å². The number of methoxy groups -OCH3 is 1. The van der Waals surface area contributed by atoms with Crippen molar-refractivity contribution in [1.29, 1.82) is 0 Å². The lowest BCUT2D eigenvalue weighted by Crippen LogP contribution is -2.07. The van der Waals surface area contributed by atoms with Crippen LogP contribution in [0.2, 0.25) is 0 Å². The lowest BCUT2D eigenvalue weighted by atomic mass is 9.89. The summed E-state index contributed by atoms with van der Waals surface area (Å²) in [7, 11) is 1.68. The van der Waals surface area contributed by atoms with E-state index in [0.717, 1.165) is 23.7 Å². The van der Waals surface area contributed by atoms with Crippen LogP contribution in [0.1, 0.15) is 56.2 Å². The summed E-state index contributed by atoms with van der Waals surface area (Å²) in [6.07, 6.45) is 6.15. The largest absolute Gasteiger partial charge is 0.496 e. The van der Waals surface area contributed by atoms with E-state index in [9.17, 15) is 0 Å². The summed E-state index contributed by atoms with van der Waals surface area (Å²) in [4.78, 5) is 0. The summed E-state index contributed by atoms with van der Waals surface area (Å²) in [5.74, 6) is 2.58. The summed E-state index contributed by atoms with van der Waals surface area (Å²) in [6.45, 7) is 4.52. The van der Waals surface area contributed by atoms with Crippen molar-refractivity contribution in [1.82, 2.24) is 0 Å². The Morgan fingerprint density at radius 2 is 1.75 bits per heavy atom. The summed E-state index contributed by atoms with van der Waals surface area (Å²) in [5, 5.41) is 0. The Bertz CT molecular complexity index is 404. The maximum Gasteiger partial charge on any atom is 0.123 e. The molecular weight excluding hydrogens is 291 g/mol. The molecule has 20 heavy (non-hydrogen) atoms. The third kappa shape index (κ3) is 4.86. The highest BCUT2D eigenvalue weighted by Gasteiger charge is 2.13. The topological polar surface area (TPSA) is 9.23 Å². The number of benzene rings is 1. The van der Waals surface area contributed by atoms with Gasteiger partial charge in [0.05, 0.1) is 13.0 Å². The van der Waals surface area contributed by atoms with Crippen LogP contribution in [0.25, 0.3) is 0 Å². The summed E-state index contributed by atoms with van der Waals surface area (Å²) in [6, 6.07) is 4.23. The Labute approximate surface area is 133 Å². The van der Waals surface area contributed by atoms with Crippen LogP contribution < -0.4 is 4.74 Å². The SMILES string of the molecule is CCCCC(CC)Cc1cc(CCl)c(OC)cc1CCl. The Morgan fingerprint density at radius 1 is 1.05 bits per heavy atom. The standard InChI is InChI=1S/C17H26Cl2O/c1-4-6-7-13(5-2)8-14-9-16(12-19)17(20-3)10-15(14)11-18/h9-10,13H,4-8,11-12H2,1-3H3. The Kier molecular flexibility index (Phi) is 8.40. The molecule has 0 saturated heterocycles. The predicted molar refractivity (Wildman–Crippen MR) is 89.1 cm³/mol. The fraction of sp³-hybridized carbons (Fsp3) is 0.647. The van der Waals surface area contributed by atoms with Gasteiger partial charge in [0, 0.05) is 11.4 Å². The van der Waals surface area contributed by atoms with Gasteiger partial charge in [-0.25, -0.2) is 0 Å². The first kappa shape index (κ1) is 17.7. The van der Waals surface area contributed by atoms with Gasteiger partial charge < -0.3 is 4.74 Å². The minimum atomic E-state index is 0.477. The molecule has 0 spiro atoms. The number of rotatable bonds is 9. The molecule has 1 aromatic carbocycles. The zero-order chi connectivity index (χ0) is 15.0. The molecule has 0 N–H and O–H groups in total. The van der Waals surface area contributed by atoms with Gasteiger partial charge in [-0.1, -0.05) is 45.6 Å². The van der Waals surface area contributed by atoms with Crippen molar-refractivity contribution in [3.05, 3.63) is 28.8 Å². The molecule has 1 nitrogen and oxygen atoms in total. The Hall–Kier alpha value is -0.400. The quantitative estimate of drug-likeness (QED) is 0.513. The third-order valence-electron chi connectivity index (χ3n) is 3.94. The van der Waals surface area contributed by atoms with E-state index in [1.54, 1.807) is 7.11 Å². The van der Waals surface area contributed by atoms with Crippen molar-refractivity contribution < 1.29 is 4.74 Å². The van der Waals surface area contributed by atoms with Crippen LogP contribution >= 0.6 is 23.2 Å². The van der Waals surface area contributed by atoms with Crippen molar-refractivity contribution in [3.8, 4) is 5.75 Å². The van der Waals surface area contributed by atoms with E-state index in [0.29, 0.717) is 11.8 Å². The molecule has 1 atom stereocenters. The molecule has 0 radical (unpaired) electrons. The minimum Gasteiger partial charge on any atom is -0.496 e. The molecule has 0 aliphatic rings. The first-order chi connectivity index (χ1) is 9.69. The molecule has 0 heterocycles. The predicted octanol–water partition coefficient (Wildman–Crippen LogP) is 5.93. The van der Waals surface area contributed by atoms with Crippen LogP contribution in [-0.4, -0.2) is 7.11 Å². The second kappa shape index (κ2) is 9.52. The molecule has 0 bridgehead atoms. The number of hydrogen-bond donors (Lipinski definition) is 0. The van der Waals surface area contributed by atoms with Gasteiger partial charge in [-0.2, -0.15) is 0 Å². The van der Waals surface area contributed by atoms with E-state index in [-0.39, 0.29) is 0 Å². The van der Waals surface area contributed by atoms with Gasteiger partial charge in [0.25, 0.3) is 0 Å². The van der Waals surface area contributed by atoms with Crippen molar-refractivity contribution in [3.63, 3.8) is 0 Å². The second-order valence-electron chi connectivity index (χ2n) is 5.32. The van der Waals surface area contributed by atoms with Crippen LogP contribution in [-0.2, 0) is 18.2 Å². The average molecular weight is 317 g/mol. The van der Waals surface area contributed by atoms with Crippen molar-refractivity contribution in [2.75, 3.05) is 7.11 Å². The van der Waals surface area contributed by atoms with Crippen molar-refractivity contribution in [2.45, 2.75) is 57.7 Å². The molecule has 3 heteroatoms. The highest BCUT2D eigenvalue weighted by atomic mass is 35.5. The van der Waals surface area contributed by atoms with E-state index in [4.69, 9.17) is 27.9 Å². The second-order valence-corrected chi connectivity index (χ2v) is 5.86. The molecule has 0 aliphatic carbocycles. The average Bonchev–Trinajstić information content (AvgIpc) is 2.50. The maximum absolute atomic E-state index is 6.10. The molecule has 0 saturated carbocycles. The van der Waals surface area contributed by atoms with E-state index in [1.165, 1.54) is 36.8 Å². The van der Waals surface area contributed by atoms with Gasteiger partial charge in [-0.05, 0) is 29.5 Å². The van der Waals surface area contributed by atoms with Gasteiger partial charge in [0.15, 0.2) is 0 Å². The van der Waals surface area contributed by atoms with E-state index in [1.807, 2.05) is 6.07 Å². The molecule has 0 fully saturated rings. The van der Waals surface area contributed by atoms with Crippen LogP contribution in [0.3, 0.4) is 0 Å². The lowest BCUT2D eigenvalue weighted by Gasteiger charge is -2.18. The number of hydrogen-bond acceptors (Lipinski definition) is 1. The van der Waals surface area contributed by atoms with Gasteiger partial charge in [0.1, 0.15) is 5.75 Å². The van der Waals surface area contributed by atoms with E-state index >= 15 is 0 Å².